The molecule has 8 aromatic rings. The first-order valence-electron chi connectivity index (χ1n) is 17.2. The van der Waals surface area contributed by atoms with E-state index in [0.717, 1.165) is 28.4 Å². The first kappa shape index (κ1) is 28.5. The molecule has 0 amide bonds. The van der Waals surface area contributed by atoms with Crippen LogP contribution in [-0.4, -0.2) is 6.71 Å². The highest BCUT2D eigenvalue weighted by Gasteiger charge is 2.43. The summed E-state index contributed by atoms with van der Waals surface area (Å²) in [5.74, 6) is 0. The molecule has 4 heteroatoms. The normalized spacial score (nSPS) is 12.7. The third kappa shape index (κ3) is 4.46. The van der Waals surface area contributed by atoms with Crippen LogP contribution >= 0.6 is 0 Å². The second kappa shape index (κ2) is 11.6. The highest BCUT2D eigenvalue weighted by Crippen LogP contribution is 2.46. The van der Waals surface area contributed by atoms with Crippen molar-refractivity contribution in [3.05, 3.63) is 194 Å². The fraction of sp³-hybridized carbons (Fsp3) is 0. The van der Waals surface area contributed by atoms with E-state index in [1.807, 2.05) is 0 Å². The Kier molecular flexibility index (Phi) is 6.60. The van der Waals surface area contributed by atoms with E-state index in [-0.39, 0.29) is 6.71 Å². The molecule has 0 fully saturated rings. The number of benzene rings is 8. The lowest BCUT2D eigenvalue weighted by Crippen LogP contribution is -2.61. The van der Waals surface area contributed by atoms with Gasteiger partial charge in [-0.3, -0.25) is 0 Å². The monoisotopic (exact) mass is 637 g/mol. The van der Waals surface area contributed by atoms with Gasteiger partial charge in [-0.25, -0.2) is 0 Å². The number of rotatable bonds is 5. The van der Waals surface area contributed by atoms with Crippen LogP contribution in [0.5, 0.6) is 0 Å². The van der Waals surface area contributed by atoms with E-state index in [0.29, 0.717) is 0 Å². The standard InChI is InChI=1S/C46H32BN3/c1-4-17-35(18-5-1)48(36-19-6-2-7-20-36)39-29-30-41-45(32-39)50(38-28-27-33-15-10-11-16-34(33)31-38)44-26-14-25-43-46(44)47(41)40-23-12-13-24-42(40)49(43)37-21-8-3-9-22-37/h1-32H. The Bertz CT molecular complexity index is 2480. The molecule has 2 aliphatic heterocycles. The van der Waals surface area contributed by atoms with Crippen LogP contribution in [0.15, 0.2) is 194 Å². The molecule has 0 saturated carbocycles. The molecular formula is C46H32BN3. The van der Waals surface area contributed by atoms with Crippen LogP contribution in [0.25, 0.3) is 10.8 Å². The Morgan fingerprint density at radius 3 is 1.62 bits per heavy atom. The summed E-state index contributed by atoms with van der Waals surface area (Å²) in [6.07, 6.45) is 0. The minimum atomic E-state index is 0.0695. The molecule has 8 aromatic carbocycles. The summed E-state index contributed by atoms with van der Waals surface area (Å²) in [6.45, 7) is 0.0695. The zero-order chi connectivity index (χ0) is 33.0. The predicted molar refractivity (Wildman–Crippen MR) is 213 cm³/mol. The van der Waals surface area contributed by atoms with E-state index in [4.69, 9.17) is 0 Å². The SMILES string of the molecule is c1ccc(N(c2ccccc2)c2ccc3c(c2)N(c2ccc4ccccc4c2)c2cccc4c2B3c2ccccc2N4c2ccccc2)cc1. The molecule has 2 aliphatic rings. The van der Waals surface area contributed by atoms with Crippen molar-refractivity contribution in [2.75, 3.05) is 14.7 Å². The smallest absolute Gasteiger partial charge is 0.252 e. The van der Waals surface area contributed by atoms with Crippen LogP contribution in [-0.2, 0) is 0 Å². The Balaban J connectivity index is 1.26. The van der Waals surface area contributed by atoms with Crippen LogP contribution in [0.1, 0.15) is 0 Å². The Morgan fingerprint density at radius 2 is 0.900 bits per heavy atom. The molecule has 50 heavy (non-hydrogen) atoms. The van der Waals surface area contributed by atoms with Gasteiger partial charge in [-0.05, 0) is 106 Å². The molecule has 0 saturated heterocycles. The third-order valence-electron chi connectivity index (χ3n) is 10.2. The van der Waals surface area contributed by atoms with Gasteiger partial charge in [0.2, 0.25) is 0 Å². The maximum absolute atomic E-state index is 2.49. The van der Waals surface area contributed by atoms with Gasteiger partial charge in [-0.15, -0.1) is 0 Å². The number of nitrogens with zero attached hydrogens (tertiary/aromatic N) is 3. The molecule has 0 atom stereocenters. The minimum Gasteiger partial charge on any atom is -0.311 e. The predicted octanol–water partition coefficient (Wildman–Crippen LogP) is 10.4. The van der Waals surface area contributed by atoms with Crippen molar-refractivity contribution in [2.45, 2.75) is 0 Å². The molecule has 0 aliphatic carbocycles. The highest BCUT2D eigenvalue weighted by atomic mass is 15.2. The van der Waals surface area contributed by atoms with Gasteiger partial charge < -0.3 is 14.7 Å². The molecular weight excluding hydrogens is 605 g/mol. The van der Waals surface area contributed by atoms with Crippen molar-refractivity contribution < 1.29 is 0 Å². The quantitative estimate of drug-likeness (QED) is 0.174. The molecule has 0 spiro atoms. The van der Waals surface area contributed by atoms with Gasteiger partial charge in [0.1, 0.15) is 0 Å². The van der Waals surface area contributed by atoms with E-state index < -0.39 is 0 Å². The summed E-state index contributed by atoms with van der Waals surface area (Å²) in [6, 6.07) is 70.4. The van der Waals surface area contributed by atoms with Gasteiger partial charge in [0.25, 0.3) is 6.71 Å². The summed E-state index contributed by atoms with van der Waals surface area (Å²) in [4.78, 5) is 7.29. The topological polar surface area (TPSA) is 9.72 Å². The fourth-order valence-electron chi connectivity index (χ4n) is 8.06. The fourth-order valence-corrected chi connectivity index (χ4v) is 8.06. The van der Waals surface area contributed by atoms with E-state index in [1.54, 1.807) is 0 Å². The van der Waals surface area contributed by atoms with Crippen molar-refractivity contribution in [3.63, 3.8) is 0 Å². The van der Waals surface area contributed by atoms with Crippen LogP contribution < -0.4 is 31.1 Å². The Labute approximate surface area is 293 Å². The molecule has 0 N–H and O–H groups in total. The third-order valence-corrected chi connectivity index (χ3v) is 10.2. The van der Waals surface area contributed by atoms with Gasteiger partial charge in [0.15, 0.2) is 0 Å². The van der Waals surface area contributed by atoms with Gasteiger partial charge >= 0.3 is 0 Å². The lowest BCUT2D eigenvalue weighted by molar-refractivity contribution is 1.24. The van der Waals surface area contributed by atoms with Crippen molar-refractivity contribution in [2.24, 2.45) is 0 Å². The molecule has 0 bridgehead atoms. The Morgan fingerprint density at radius 1 is 0.340 bits per heavy atom. The first-order valence-corrected chi connectivity index (χ1v) is 17.2. The maximum atomic E-state index is 2.49. The average molecular weight is 638 g/mol. The van der Waals surface area contributed by atoms with E-state index in [2.05, 4.69) is 209 Å². The number of anilines is 9. The van der Waals surface area contributed by atoms with Gasteiger partial charge in [0.05, 0.1) is 0 Å². The second-order valence-electron chi connectivity index (χ2n) is 13.0. The molecule has 0 radical (unpaired) electrons. The lowest BCUT2D eigenvalue weighted by atomic mass is 9.33. The first-order chi connectivity index (χ1) is 24.8. The summed E-state index contributed by atoms with van der Waals surface area (Å²) in [7, 11) is 0. The minimum absolute atomic E-state index is 0.0695. The number of hydrogen-bond acceptors (Lipinski definition) is 3. The van der Waals surface area contributed by atoms with Crippen LogP contribution in [0.2, 0.25) is 0 Å². The van der Waals surface area contributed by atoms with Crippen molar-refractivity contribution in [1.82, 2.24) is 0 Å². The van der Waals surface area contributed by atoms with Gasteiger partial charge in [0, 0.05) is 51.2 Å². The molecule has 0 aromatic heterocycles. The maximum Gasteiger partial charge on any atom is 0.252 e. The largest absolute Gasteiger partial charge is 0.311 e. The number of hydrogen-bond donors (Lipinski definition) is 0. The van der Waals surface area contributed by atoms with E-state index in [1.165, 1.54) is 49.9 Å². The molecule has 2 heterocycles. The summed E-state index contributed by atoms with van der Waals surface area (Å²) in [5, 5.41) is 2.46. The van der Waals surface area contributed by atoms with E-state index in [9.17, 15) is 0 Å². The van der Waals surface area contributed by atoms with Crippen molar-refractivity contribution >= 4 is 85.1 Å². The van der Waals surface area contributed by atoms with Gasteiger partial charge in [-0.1, -0.05) is 115 Å². The van der Waals surface area contributed by atoms with Crippen LogP contribution in [0.4, 0.5) is 51.2 Å². The molecule has 3 nitrogen and oxygen atoms in total. The van der Waals surface area contributed by atoms with Crippen molar-refractivity contribution in [1.29, 1.82) is 0 Å². The lowest BCUT2D eigenvalue weighted by Gasteiger charge is -2.44. The zero-order valence-electron chi connectivity index (χ0n) is 27.4. The summed E-state index contributed by atoms with van der Waals surface area (Å²) < 4.78 is 0. The number of fused-ring (bicyclic) bond motifs is 5. The molecule has 234 valence electrons. The zero-order valence-corrected chi connectivity index (χ0v) is 27.4. The molecule has 0 unspecified atom stereocenters. The van der Waals surface area contributed by atoms with Crippen LogP contribution in [0, 0.1) is 0 Å². The molecule has 10 rings (SSSR count). The number of para-hydroxylation sites is 4. The Hall–Kier alpha value is -6.52. The van der Waals surface area contributed by atoms with E-state index >= 15 is 0 Å². The second-order valence-corrected chi connectivity index (χ2v) is 13.0. The summed E-state index contributed by atoms with van der Waals surface area (Å²) >= 11 is 0. The average Bonchev–Trinajstić information content (AvgIpc) is 3.19. The van der Waals surface area contributed by atoms with Gasteiger partial charge in [-0.2, -0.15) is 0 Å². The van der Waals surface area contributed by atoms with Crippen molar-refractivity contribution in [3.8, 4) is 0 Å². The highest BCUT2D eigenvalue weighted by molar-refractivity contribution is 7.00. The summed E-state index contributed by atoms with van der Waals surface area (Å²) in [5.41, 5.74) is 14.4. The van der Waals surface area contributed by atoms with Crippen LogP contribution in [0.3, 0.4) is 0 Å².